The molecule has 0 atom stereocenters. The van der Waals surface area contributed by atoms with Crippen molar-refractivity contribution in [1.82, 2.24) is 5.32 Å². The Morgan fingerprint density at radius 1 is 1.04 bits per heavy atom. The lowest BCUT2D eigenvalue weighted by molar-refractivity contribution is -0.137. The molecule has 24 heavy (non-hydrogen) atoms. The van der Waals surface area contributed by atoms with Crippen LogP contribution in [0.3, 0.4) is 0 Å². The lowest BCUT2D eigenvalue weighted by atomic mass is 9.98. The van der Waals surface area contributed by atoms with Gasteiger partial charge in [-0.1, -0.05) is 30.3 Å². The van der Waals surface area contributed by atoms with Crippen LogP contribution in [-0.2, 0) is 6.18 Å². The average Bonchev–Trinajstić information content (AvgIpc) is 2.51. The predicted octanol–water partition coefficient (Wildman–Crippen LogP) is 3.84. The molecule has 128 valence electrons. The fraction of sp³-hybridized carbons (Fsp3) is 0.278. The number of nitrogens with one attached hydrogen (secondary N) is 1. The molecule has 6 heteroatoms. The van der Waals surface area contributed by atoms with Crippen molar-refractivity contribution in [2.45, 2.75) is 25.6 Å². The maximum atomic E-state index is 12.7. The van der Waals surface area contributed by atoms with Gasteiger partial charge in [0.05, 0.1) is 5.56 Å². The van der Waals surface area contributed by atoms with Crippen molar-refractivity contribution in [1.29, 1.82) is 0 Å². The summed E-state index contributed by atoms with van der Waals surface area (Å²) in [4.78, 5) is 12.4. The molecular weight excluding hydrogens is 317 g/mol. The first-order chi connectivity index (χ1) is 11.1. The topological polar surface area (TPSA) is 55.1 Å². The molecule has 0 saturated carbocycles. The molecule has 3 N–H and O–H groups in total. The third kappa shape index (κ3) is 4.58. The van der Waals surface area contributed by atoms with Crippen molar-refractivity contribution in [2.24, 2.45) is 5.73 Å². The minimum atomic E-state index is -4.39. The number of carbonyl (C=O) groups excluding carboxylic acids is 1. The average molecular weight is 336 g/mol. The van der Waals surface area contributed by atoms with Crippen LogP contribution in [0.5, 0.6) is 0 Å². The largest absolute Gasteiger partial charge is 0.416 e. The Hall–Kier alpha value is -2.34. The SMILES string of the molecule is CC(C)(N)CNC(=O)c1ccccc1-c1ccc(C(F)(F)F)cc1. The second kappa shape index (κ2) is 6.65. The Morgan fingerprint density at radius 3 is 2.17 bits per heavy atom. The minimum Gasteiger partial charge on any atom is -0.350 e. The van der Waals surface area contributed by atoms with Crippen LogP contribution in [0.15, 0.2) is 48.5 Å². The zero-order valence-electron chi connectivity index (χ0n) is 13.4. The number of benzene rings is 2. The lowest BCUT2D eigenvalue weighted by Crippen LogP contribution is -2.45. The summed E-state index contributed by atoms with van der Waals surface area (Å²) in [7, 11) is 0. The minimum absolute atomic E-state index is 0.285. The van der Waals surface area contributed by atoms with E-state index < -0.39 is 17.3 Å². The summed E-state index contributed by atoms with van der Waals surface area (Å²) < 4.78 is 38.0. The van der Waals surface area contributed by atoms with Gasteiger partial charge in [-0.3, -0.25) is 4.79 Å². The van der Waals surface area contributed by atoms with Crippen LogP contribution in [0.1, 0.15) is 29.8 Å². The van der Waals surface area contributed by atoms with Crippen LogP contribution in [0.25, 0.3) is 11.1 Å². The van der Waals surface area contributed by atoms with Crippen molar-refractivity contribution in [3.05, 3.63) is 59.7 Å². The Bertz CT molecular complexity index is 716. The Morgan fingerprint density at radius 2 is 1.62 bits per heavy atom. The number of hydrogen-bond acceptors (Lipinski definition) is 2. The summed E-state index contributed by atoms with van der Waals surface area (Å²) in [5.41, 5.74) is 6.07. The summed E-state index contributed by atoms with van der Waals surface area (Å²) in [6.07, 6.45) is -4.39. The molecule has 3 nitrogen and oxygen atoms in total. The van der Waals surface area contributed by atoms with Crippen molar-refractivity contribution in [2.75, 3.05) is 6.54 Å². The zero-order valence-corrected chi connectivity index (χ0v) is 13.4. The number of hydrogen-bond donors (Lipinski definition) is 2. The van der Waals surface area contributed by atoms with Crippen molar-refractivity contribution < 1.29 is 18.0 Å². The quantitative estimate of drug-likeness (QED) is 0.891. The molecule has 0 aliphatic rings. The molecule has 0 fully saturated rings. The van der Waals surface area contributed by atoms with Gasteiger partial charge in [-0.05, 0) is 43.2 Å². The van der Waals surface area contributed by atoms with Gasteiger partial charge in [-0.25, -0.2) is 0 Å². The lowest BCUT2D eigenvalue weighted by Gasteiger charge is -2.19. The molecule has 0 spiro atoms. The van der Waals surface area contributed by atoms with Crippen LogP contribution in [0, 0.1) is 0 Å². The summed E-state index contributed by atoms with van der Waals surface area (Å²) in [5, 5.41) is 2.74. The molecule has 0 aliphatic carbocycles. The number of halogens is 3. The highest BCUT2D eigenvalue weighted by atomic mass is 19.4. The molecular formula is C18H19F3N2O. The van der Waals surface area contributed by atoms with Gasteiger partial charge in [0.2, 0.25) is 0 Å². The van der Waals surface area contributed by atoms with Crippen LogP contribution < -0.4 is 11.1 Å². The third-order valence-corrected chi connectivity index (χ3v) is 3.40. The summed E-state index contributed by atoms with van der Waals surface area (Å²) >= 11 is 0. The van der Waals surface area contributed by atoms with E-state index in [0.29, 0.717) is 16.7 Å². The molecule has 2 rings (SSSR count). The molecule has 0 aliphatic heterocycles. The standard InChI is InChI=1S/C18H19F3N2O/c1-17(2,22)11-23-16(24)15-6-4-3-5-14(15)12-7-9-13(10-8-12)18(19,20)21/h3-10H,11,22H2,1-2H3,(H,23,24). The van der Waals surface area contributed by atoms with Gasteiger partial charge in [0.15, 0.2) is 0 Å². The normalized spacial score (nSPS) is 12.1. The van der Waals surface area contributed by atoms with E-state index in [2.05, 4.69) is 5.32 Å². The molecule has 0 radical (unpaired) electrons. The van der Waals surface area contributed by atoms with E-state index in [9.17, 15) is 18.0 Å². The summed E-state index contributed by atoms with van der Waals surface area (Å²) in [6, 6.07) is 11.5. The van der Waals surface area contributed by atoms with E-state index >= 15 is 0 Å². The fourth-order valence-corrected chi connectivity index (χ4v) is 2.17. The highest BCUT2D eigenvalue weighted by molar-refractivity contribution is 6.00. The molecule has 2 aromatic rings. The van der Waals surface area contributed by atoms with E-state index in [1.165, 1.54) is 12.1 Å². The Balaban J connectivity index is 2.30. The maximum Gasteiger partial charge on any atom is 0.416 e. The van der Waals surface area contributed by atoms with Gasteiger partial charge in [0.1, 0.15) is 0 Å². The van der Waals surface area contributed by atoms with Gasteiger partial charge in [0.25, 0.3) is 5.91 Å². The first kappa shape index (κ1) is 18.0. The molecule has 0 bridgehead atoms. The number of amides is 1. The zero-order chi connectivity index (χ0) is 18.0. The molecule has 0 saturated heterocycles. The van der Waals surface area contributed by atoms with Gasteiger partial charge in [-0.15, -0.1) is 0 Å². The molecule has 1 amide bonds. The first-order valence-electron chi connectivity index (χ1n) is 7.42. The van der Waals surface area contributed by atoms with E-state index in [1.807, 2.05) is 0 Å². The van der Waals surface area contributed by atoms with Gasteiger partial charge in [0, 0.05) is 17.6 Å². The molecule has 0 aromatic heterocycles. The van der Waals surface area contributed by atoms with E-state index in [4.69, 9.17) is 5.73 Å². The van der Waals surface area contributed by atoms with E-state index in [0.717, 1.165) is 12.1 Å². The smallest absolute Gasteiger partial charge is 0.350 e. The first-order valence-corrected chi connectivity index (χ1v) is 7.42. The molecule has 2 aromatic carbocycles. The number of alkyl halides is 3. The molecule has 0 unspecified atom stereocenters. The number of rotatable bonds is 4. The fourth-order valence-electron chi connectivity index (χ4n) is 2.17. The van der Waals surface area contributed by atoms with Gasteiger partial charge in [-0.2, -0.15) is 13.2 Å². The second-order valence-electron chi connectivity index (χ2n) is 6.29. The van der Waals surface area contributed by atoms with E-state index in [1.54, 1.807) is 38.1 Å². The van der Waals surface area contributed by atoms with E-state index in [-0.39, 0.29) is 12.5 Å². The third-order valence-electron chi connectivity index (χ3n) is 3.40. The van der Waals surface area contributed by atoms with Gasteiger partial charge >= 0.3 is 6.18 Å². The van der Waals surface area contributed by atoms with Crippen molar-refractivity contribution in [3.63, 3.8) is 0 Å². The summed E-state index contributed by atoms with van der Waals surface area (Å²) in [6.45, 7) is 3.86. The van der Waals surface area contributed by atoms with Crippen LogP contribution in [0.2, 0.25) is 0 Å². The number of nitrogens with two attached hydrogens (primary N) is 1. The van der Waals surface area contributed by atoms with Crippen LogP contribution >= 0.6 is 0 Å². The predicted molar refractivity (Wildman–Crippen MR) is 87.5 cm³/mol. The highest BCUT2D eigenvalue weighted by Crippen LogP contribution is 2.31. The number of carbonyl (C=O) groups is 1. The van der Waals surface area contributed by atoms with Crippen molar-refractivity contribution >= 4 is 5.91 Å². The van der Waals surface area contributed by atoms with Crippen molar-refractivity contribution in [3.8, 4) is 11.1 Å². The second-order valence-corrected chi connectivity index (χ2v) is 6.29. The van der Waals surface area contributed by atoms with Crippen LogP contribution in [-0.4, -0.2) is 18.0 Å². The van der Waals surface area contributed by atoms with Crippen LogP contribution in [0.4, 0.5) is 13.2 Å². The maximum absolute atomic E-state index is 12.7. The Labute approximate surface area is 138 Å². The highest BCUT2D eigenvalue weighted by Gasteiger charge is 2.30. The summed E-state index contributed by atoms with van der Waals surface area (Å²) in [5.74, 6) is -0.316. The molecule has 0 heterocycles. The monoisotopic (exact) mass is 336 g/mol. The Kier molecular flexibility index (Phi) is 4.99. The van der Waals surface area contributed by atoms with Gasteiger partial charge < -0.3 is 11.1 Å².